The SMILES string of the molecule is CC1(C)C(=O)Nc2ccc(S(=O)(=O)Nc3ccc4[nH]ncc4c3)cc21. The maximum atomic E-state index is 12.7. The van der Waals surface area contributed by atoms with Crippen molar-refractivity contribution in [2.75, 3.05) is 10.0 Å². The van der Waals surface area contributed by atoms with Crippen LogP contribution in [0.25, 0.3) is 10.9 Å². The molecule has 0 saturated carbocycles. The van der Waals surface area contributed by atoms with E-state index in [1.54, 1.807) is 50.4 Å². The monoisotopic (exact) mass is 356 g/mol. The molecule has 7 nitrogen and oxygen atoms in total. The summed E-state index contributed by atoms with van der Waals surface area (Å²) in [7, 11) is -3.77. The number of aromatic nitrogens is 2. The Bertz CT molecular complexity index is 1120. The molecule has 8 heteroatoms. The minimum absolute atomic E-state index is 0.114. The lowest BCUT2D eigenvalue weighted by molar-refractivity contribution is -0.119. The van der Waals surface area contributed by atoms with E-state index in [1.165, 1.54) is 6.07 Å². The molecule has 1 aliphatic rings. The summed E-state index contributed by atoms with van der Waals surface area (Å²) in [6, 6.07) is 9.79. The molecule has 3 N–H and O–H groups in total. The molecule has 1 amide bonds. The zero-order valence-electron chi connectivity index (χ0n) is 13.6. The van der Waals surface area contributed by atoms with Crippen LogP contribution < -0.4 is 10.0 Å². The number of carbonyl (C=O) groups is 1. The van der Waals surface area contributed by atoms with Crippen LogP contribution in [0.4, 0.5) is 11.4 Å². The topological polar surface area (TPSA) is 104 Å². The number of carbonyl (C=O) groups excluding carboxylic acids is 1. The van der Waals surface area contributed by atoms with Crippen LogP contribution in [0.3, 0.4) is 0 Å². The van der Waals surface area contributed by atoms with Gasteiger partial charge in [0.2, 0.25) is 5.91 Å². The lowest BCUT2D eigenvalue weighted by Gasteiger charge is -2.16. The summed E-state index contributed by atoms with van der Waals surface area (Å²) in [5.74, 6) is -0.143. The molecule has 4 rings (SSSR count). The third kappa shape index (κ3) is 2.45. The first-order valence-corrected chi connectivity index (χ1v) is 9.18. The summed E-state index contributed by atoms with van der Waals surface area (Å²) in [5, 5.41) is 10.3. The van der Waals surface area contributed by atoms with Gasteiger partial charge < -0.3 is 5.32 Å². The van der Waals surface area contributed by atoms with Gasteiger partial charge in [0.25, 0.3) is 10.0 Å². The Morgan fingerprint density at radius 1 is 1.12 bits per heavy atom. The van der Waals surface area contributed by atoms with Gasteiger partial charge in [-0.2, -0.15) is 5.10 Å². The highest BCUT2D eigenvalue weighted by atomic mass is 32.2. The lowest BCUT2D eigenvalue weighted by atomic mass is 9.86. The summed E-state index contributed by atoms with van der Waals surface area (Å²) in [6.45, 7) is 3.54. The molecule has 1 aromatic heterocycles. The summed E-state index contributed by atoms with van der Waals surface area (Å²) >= 11 is 0. The molecule has 0 fully saturated rings. The number of amides is 1. The standard InChI is InChI=1S/C17H16N4O3S/c1-17(2)13-8-12(4-6-15(13)19-16(17)22)25(23,24)21-11-3-5-14-10(7-11)9-18-20-14/h3-9,21H,1-2H3,(H,18,20)(H,19,22). The van der Waals surface area contributed by atoms with E-state index in [9.17, 15) is 13.2 Å². The number of nitrogens with zero attached hydrogens (tertiary/aromatic N) is 1. The Morgan fingerprint density at radius 3 is 2.72 bits per heavy atom. The van der Waals surface area contributed by atoms with Crippen molar-refractivity contribution in [1.29, 1.82) is 0 Å². The molecule has 0 spiro atoms. The quantitative estimate of drug-likeness (QED) is 0.671. The summed E-state index contributed by atoms with van der Waals surface area (Å²) in [6.07, 6.45) is 1.63. The van der Waals surface area contributed by atoms with E-state index in [-0.39, 0.29) is 10.8 Å². The Labute approximate surface area is 144 Å². The van der Waals surface area contributed by atoms with Crippen LogP contribution in [0.5, 0.6) is 0 Å². The fourth-order valence-electron chi connectivity index (χ4n) is 2.94. The molecule has 0 saturated heterocycles. The van der Waals surface area contributed by atoms with Crippen LogP contribution in [-0.4, -0.2) is 24.5 Å². The number of H-pyrrole nitrogens is 1. The second-order valence-corrected chi connectivity index (χ2v) is 8.25. The van der Waals surface area contributed by atoms with Gasteiger partial charge in [-0.3, -0.25) is 14.6 Å². The van der Waals surface area contributed by atoms with E-state index in [1.807, 2.05) is 0 Å². The average molecular weight is 356 g/mol. The molecule has 2 heterocycles. The minimum atomic E-state index is -3.77. The highest BCUT2D eigenvalue weighted by Gasteiger charge is 2.39. The molecule has 0 aliphatic carbocycles. The van der Waals surface area contributed by atoms with Crippen molar-refractivity contribution >= 4 is 38.2 Å². The number of sulfonamides is 1. The molecule has 0 atom stereocenters. The van der Waals surface area contributed by atoms with E-state index in [2.05, 4.69) is 20.2 Å². The van der Waals surface area contributed by atoms with Crippen LogP contribution in [0, 0.1) is 0 Å². The van der Waals surface area contributed by atoms with Crippen molar-refractivity contribution in [3.63, 3.8) is 0 Å². The number of anilines is 2. The van der Waals surface area contributed by atoms with E-state index in [0.717, 1.165) is 10.9 Å². The smallest absolute Gasteiger partial charge is 0.261 e. The molecule has 2 aromatic carbocycles. The predicted octanol–water partition coefficient (Wildman–Crippen LogP) is 2.59. The molecular formula is C17H16N4O3S. The number of nitrogens with one attached hydrogen (secondary N) is 3. The summed E-state index contributed by atoms with van der Waals surface area (Å²) in [5.41, 5.74) is 1.82. The number of benzene rings is 2. The number of hydrogen-bond donors (Lipinski definition) is 3. The Kier molecular flexibility index (Phi) is 3.17. The molecule has 1 aliphatic heterocycles. The van der Waals surface area contributed by atoms with Crippen LogP contribution in [-0.2, 0) is 20.2 Å². The van der Waals surface area contributed by atoms with Crippen LogP contribution >= 0.6 is 0 Å². The number of rotatable bonds is 3. The molecule has 0 unspecified atom stereocenters. The molecule has 0 radical (unpaired) electrons. The third-order valence-electron chi connectivity index (χ3n) is 4.48. The number of aromatic amines is 1. The first-order chi connectivity index (χ1) is 11.8. The second-order valence-electron chi connectivity index (χ2n) is 6.56. The van der Waals surface area contributed by atoms with Gasteiger partial charge in [0.15, 0.2) is 0 Å². The van der Waals surface area contributed by atoms with Crippen molar-refractivity contribution in [2.45, 2.75) is 24.2 Å². The zero-order valence-corrected chi connectivity index (χ0v) is 14.4. The highest BCUT2D eigenvalue weighted by Crippen LogP contribution is 2.38. The second kappa shape index (κ2) is 5.06. The largest absolute Gasteiger partial charge is 0.325 e. The van der Waals surface area contributed by atoms with Crippen molar-refractivity contribution < 1.29 is 13.2 Å². The normalized spacial score (nSPS) is 15.8. The van der Waals surface area contributed by atoms with E-state index >= 15 is 0 Å². The Balaban J connectivity index is 1.71. The molecule has 128 valence electrons. The van der Waals surface area contributed by atoms with Gasteiger partial charge >= 0.3 is 0 Å². The number of fused-ring (bicyclic) bond motifs is 2. The van der Waals surface area contributed by atoms with Crippen LogP contribution in [0.15, 0.2) is 47.5 Å². The fraction of sp³-hybridized carbons (Fsp3) is 0.176. The minimum Gasteiger partial charge on any atom is -0.325 e. The average Bonchev–Trinajstić information content (AvgIpc) is 3.09. The first-order valence-electron chi connectivity index (χ1n) is 7.69. The van der Waals surface area contributed by atoms with Crippen LogP contribution in [0.2, 0.25) is 0 Å². The molecule has 25 heavy (non-hydrogen) atoms. The van der Waals surface area contributed by atoms with Gasteiger partial charge in [-0.15, -0.1) is 0 Å². The van der Waals surface area contributed by atoms with Gasteiger partial charge in [0.05, 0.1) is 22.0 Å². The van der Waals surface area contributed by atoms with E-state index < -0.39 is 15.4 Å². The lowest BCUT2D eigenvalue weighted by Crippen LogP contribution is -2.27. The maximum Gasteiger partial charge on any atom is 0.261 e. The van der Waals surface area contributed by atoms with Gasteiger partial charge in [0.1, 0.15) is 0 Å². The van der Waals surface area contributed by atoms with Crippen molar-refractivity contribution in [1.82, 2.24) is 10.2 Å². The molecular weight excluding hydrogens is 340 g/mol. The van der Waals surface area contributed by atoms with E-state index in [0.29, 0.717) is 16.9 Å². The Hall–Kier alpha value is -2.87. The predicted molar refractivity (Wildman–Crippen MR) is 95.0 cm³/mol. The third-order valence-corrected chi connectivity index (χ3v) is 5.86. The van der Waals surface area contributed by atoms with Crippen molar-refractivity contribution in [3.8, 4) is 0 Å². The summed E-state index contributed by atoms with van der Waals surface area (Å²) < 4.78 is 28.0. The van der Waals surface area contributed by atoms with Gasteiger partial charge in [-0.1, -0.05) is 0 Å². The zero-order chi connectivity index (χ0) is 17.8. The summed E-state index contributed by atoms with van der Waals surface area (Å²) in [4.78, 5) is 12.1. The molecule has 3 aromatic rings. The Morgan fingerprint density at radius 2 is 1.92 bits per heavy atom. The van der Waals surface area contributed by atoms with Gasteiger partial charge in [-0.25, -0.2) is 8.42 Å². The maximum absolute atomic E-state index is 12.7. The first kappa shape index (κ1) is 15.6. The van der Waals surface area contributed by atoms with Crippen LogP contribution in [0.1, 0.15) is 19.4 Å². The van der Waals surface area contributed by atoms with Gasteiger partial charge in [-0.05, 0) is 55.8 Å². The fourth-order valence-corrected chi connectivity index (χ4v) is 4.01. The molecule has 0 bridgehead atoms. The van der Waals surface area contributed by atoms with Gasteiger partial charge in [0, 0.05) is 16.8 Å². The number of hydrogen-bond acceptors (Lipinski definition) is 4. The highest BCUT2D eigenvalue weighted by molar-refractivity contribution is 7.92. The van der Waals surface area contributed by atoms with Crippen molar-refractivity contribution in [3.05, 3.63) is 48.2 Å². The van der Waals surface area contributed by atoms with Crippen molar-refractivity contribution in [2.24, 2.45) is 0 Å². The van der Waals surface area contributed by atoms with E-state index in [4.69, 9.17) is 0 Å².